The van der Waals surface area contributed by atoms with Crippen LogP contribution in [0, 0.1) is 0 Å². The Bertz CT molecular complexity index is 572. The van der Waals surface area contributed by atoms with Gasteiger partial charge in [-0.2, -0.15) is 0 Å². The van der Waals surface area contributed by atoms with Gasteiger partial charge in [-0.15, -0.1) is 0 Å². The Kier molecular flexibility index (Phi) is 6.64. The number of hydrogen-bond donors (Lipinski definition) is 1. The summed E-state index contributed by atoms with van der Waals surface area (Å²) < 4.78 is 28.2. The molecule has 0 bridgehead atoms. The number of sulfonamides is 1. The Balaban J connectivity index is 2.71. The maximum Gasteiger partial charge on any atom is 0.338 e. The molecular formula is C13H18BrNO4S. The van der Waals surface area contributed by atoms with E-state index in [1.54, 1.807) is 0 Å². The van der Waals surface area contributed by atoms with Crippen molar-refractivity contribution >= 4 is 31.9 Å². The molecule has 1 aromatic carbocycles. The first kappa shape index (κ1) is 17.1. The highest BCUT2D eigenvalue weighted by Gasteiger charge is 2.14. The summed E-state index contributed by atoms with van der Waals surface area (Å²) in [7, 11) is -3.85. The topological polar surface area (TPSA) is 86.5 Å². The SMILES string of the molecule is CCCCCCOC(=O)c1cc(Br)cc(S(N)(=O)=O)c1. The summed E-state index contributed by atoms with van der Waals surface area (Å²) in [6.07, 6.45) is 4.02. The summed E-state index contributed by atoms with van der Waals surface area (Å²) in [4.78, 5) is 11.7. The van der Waals surface area contributed by atoms with Crippen LogP contribution in [0.4, 0.5) is 0 Å². The van der Waals surface area contributed by atoms with E-state index < -0.39 is 16.0 Å². The number of rotatable bonds is 7. The predicted molar refractivity (Wildman–Crippen MR) is 79.9 cm³/mol. The second-order valence-corrected chi connectivity index (χ2v) is 6.89. The van der Waals surface area contributed by atoms with Crippen LogP contribution in [0.15, 0.2) is 27.6 Å². The zero-order valence-corrected chi connectivity index (χ0v) is 13.7. The lowest BCUT2D eigenvalue weighted by molar-refractivity contribution is 0.0497. The number of benzene rings is 1. The van der Waals surface area contributed by atoms with Gasteiger partial charge >= 0.3 is 5.97 Å². The van der Waals surface area contributed by atoms with E-state index in [2.05, 4.69) is 22.9 Å². The van der Waals surface area contributed by atoms with Crippen LogP contribution in [0.2, 0.25) is 0 Å². The molecule has 1 rings (SSSR count). The summed E-state index contributed by atoms with van der Waals surface area (Å²) >= 11 is 3.15. The minimum Gasteiger partial charge on any atom is -0.462 e. The van der Waals surface area contributed by atoms with Gasteiger partial charge in [-0.3, -0.25) is 0 Å². The van der Waals surface area contributed by atoms with Crippen molar-refractivity contribution in [1.82, 2.24) is 0 Å². The smallest absolute Gasteiger partial charge is 0.338 e. The average molecular weight is 364 g/mol. The van der Waals surface area contributed by atoms with Crippen molar-refractivity contribution in [3.63, 3.8) is 0 Å². The van der Waals surface area contributed by atoms with Crippen molar-refractivity contribution in [2.45, 2.75) is 37.5 Å². The molecule has 0 radical (unpaired) electrons. The van der Waals surface area contributed by atoms with Crippen LogP contribution in [-0.4, -0.2) is 21.0 Å². The molecule has 7 heteroatoms. The predicted octanol–water partition coefficient (Wildman–Crippen LogP) is 2.83. The van der Waals surface area contributed by atoms with Gasteiger partial charge in [0.2, 0.25) is 10.0 Å². The molecule has 0 aliphatic rings. The third kappa shape index (κ3) is 5.60. The molecule has 0 saturated heterocycles. The van der Waals surface area contributed by atoms with E-state index in [0.29, 0.717) is 11.1 Å². The van der Waals surface area contributed by atoms with Crippen molar-refractivity contribution in [3.8, 4) is 0 Å². The van der Waals surface area contributed by atoms with Crippen molar-refractivity contribution in [3.05, 3.63) is 28.2 Å². The molecule has 0 aromatic heterocycles. The summed E-state index contributed by atoms with van der Waals surface area (Å²) in [5.74, 6) is -0.548. The lowest BCUT2D eigenvalue weighted by Gasteiger charge is -2.07. The lowest BCUT2D eigenvalue weighted by atomic mass is 10.2. The quantitative estimate of drug-likeness (QED) is 0.595. The molecule has 0 atom stereocenters. The van der Waals surface area contributed by atoms with Crippen molar-refractivity contribution < 1.29 is 17.9 Å². The van der Waals surface area contributed by atoms with E-state index in [1.165, 1.54) is 18.2 Å². The molecule has 0 heterocycles. The number of carbonyl (C=O) groups is 1. The summed E-state index contributed by atoms with van der Waals surface area (Å²) in [5, 5.41) is 5.05. The highest BCUT2D eigenvalue weighted by Crippen LogP contribution is 2.19. The zero-order chi connectivity index (χ0) is 15.2. The Morgan fingerprint density at radius 1 is 1.25 bits per heavy atom. The van der Waals surface area contributed by atoms with Crippen LogP contribution < -0.4 is 5.14 Å². The monoisotopic (exact) mass is 363 g/mol. The molecular weight excluding hydrogens is 346 g/mol. The fourth-order valence-electron chi connectivity index (χ4n) is 1.62. The minimum atomic E-state index is -3.85. The number of ether oxygens (including phenoxy) is 1. The van der Waals surface area contributed by atoms with Crippen LogP contribution >= 0.6 is 15.9 Å². The highest BCUT2D eigenvalue weighted by molar-refractivity contribution is 9.10. The molecule has 1 aromatic rings. The standard InChI is InChI=1S/C13H18BrNO4S/c1-2-3-4-5-6-19-13(16)10-7-11(14)9-12(8-10)20(15,17)18/h7-9H,2-6H2,1H3,(H2,15,17,18). The molecule has 0 fully saturated rings. The molecule has 5 nitrogen and oxygen atoms in total. The van der Waals surface area contributed by atoms with Gasteiger partial charge in [-0.25, -0.2) is 18.4 Å². The minimum absolute atomic E-state index is 0.121. The van der Waals surface area contributed by atoms with Crippen LogP contribution in [0.25, 0.3) is 0 Å². The van der Waals surface area contributed by atoms with Crippen molar-refractivity contribution in [1.29, 1.82) is 0 Å². The molecule has 0 unspecified atom stereocenters. The van der Waals surface area contributed by atoms with Gasteiger partial charge in [0.15, 0.2) is 0 Å². The average Bonchev–Trinajstić information content (AvgIpc) is 2.36. The van der Waals surface area contributed by atoms with Gasteiger partial charge in [0.05, 0.1) is 17.1 Å². The van der Waals surface area contributed by atoms with Crippen LogP contribution in [-0.2, 0) is 14.8 Å². The summed E-state index contributed by atoms with van der Waals surface area (Å²) in [5.41, 5.74) is 0.166. The number of nitrogens with two attached hydrogens (primary N) is 1. The highest BCUT2D eigenvalue weighted by atomic mass is 79.9. The van der Waals surface area contributed by atoms with Gasteiger partial charge in [-0.05, 0) is 24.6 Å². The van der Waals surface area contributed by atoms with E-state index in [0.717, 1.165) is 25.7 Å². The second-order valence-electron chi connectivity index (χ2n) is 4.42. The Morgan fingerprint density at radius 2 is 1.95 bits per heavy atom. The third-order valence-electron chi connectivity index (χ3n) is 2.67. The van der Waals surface area contributed by atoms with Gasteiger partial charge in [0.25, 0.3) is 0 Å². The maximum atomic E-state index is 11.8. The van der Waals surface area contributed by atoms with E-state index in [1.807, 2.05) is 0 Å². The van der Waals surface area contributed by atoms with Crippen LogP contribution in [0.5, 0.6) is 0 Å². The molecule has 0 aliphatic carbocycles. The van der Waals surface area contributed by atoms with Crippen molar-refractivity contribution in [2.24, 2.45) is 5.14 Å². The van der Waals surface area contributed by atoms with E-state index in [-0.39, 0.29) is 10.5 Å². The number of primary sulfonamides is 1. The number of esters is 1. The van der Waals surface area contributed by atoms with E-state index in [9.17, 15) is 13.2 Å². The maximum absolute atomic E-state index is 11.8. The molecule has 0 amide bonds. The Labute approximate surface area is 127 Å². The molecule has 0 saturated carbocycles. The first-order chi connectivity index (χ1) is 9.34. The Hall–Kier alpha value is -0.920. The second kappa shape index (κ2) is 7.75. The third-order valence-corrected chi connectivity index (χ3v) is 4.02. The number of carbonyl (C=O) groups excluding carboxylic acids is 1. The van der Waals surface area contributed by atoms with Gasteiger partial charge in [0, 0.05) is 4.47 Å². The van der Waals surface area contributed by atoms with Gasteiger partial charge in [0.1, 0.15) is 0 Å². The number of halogens is 1. The fourth-order valence-corrected chi connectivity index (χ4v) is 2.85. The Morgan fingerprint density at radius 3 is 2.55 bits per heavy atom. The van der Waals surface area contributed by atoms with Gasteiger partial charge < -0.3 is 4.74 Å². The normalized spacial score (nSPS) is 11.3. The van der Waals surface area contributed by atoms with Crippen LogP contribution in [0.1, 0.15) is 43.0 Å². The molecule has 0 aliphatic heterocycles. The van der Waals surface area contributed by atoms with E-state index in [4.69, 9.17) is 9.88 Å². The lowest BCUT2D eigenvalue weighted by Crippen LogP contribution is -2.14. The van der Waals surface area contributed by atoms with Crippen LogP contribution in [0.3, 0.4) is 0 Å². The van der Waals surface area contributed by atoms with Crippen molar-refractivity contribution in [2.75, 3.05) is 6.61 Å². The zero-order valence-electron chi connectivity index (χ0n) is 11.3. The molecule has 2 N–H and O–H groups in total. The molecule has 0 spiro atoms. The fraction of sp³-hybridized carbons (Fsp3) is 0.462. The largest absolute Gasteiger partial charge is 0.462 e. The summed E-state index contributed by atoms with van der Waals surface area (Å²) in [6, 6.07) is 4.06. The number of hydrogen-bond acceptors (Lipinski definition) is 4. The molecule has 112 valence electrons. The van der Waals surface area contributed by atoms with Gasteiger partial charge in [-0.1, -0.05) is 42.1 Å². The first-order valence-corrected chi connectivity index (χ1v) is 8.69. The molecule has 20 heavy (non-hydrogen) atoms. The summed E-state index contributed by atoms with van der Waals surface area (Å²) in [6.45, 7) is 2.43. The first-order valence-electron chi connectivity index (χ1n) is 6.35. The van der Waals surface area contributed by atoms with E-state index >= 15 is 0 Å². The number of unbranched alkanes of at least 4 members (excludes halogenated alkanes) is 3.